The number of nitrogens with one attached hydrogen (secondary N) is 1. The largest absolute Gasteiger partial charge is 0.480 e. The Balaban J connectivity index is 1.79. The van der Waals surface area contributed by atoms with Crippen LogP contribution in [-0.4, -0.2) is 39.0 Å². The Labute approximate surface area is 171 Å². The number of rotatable bonds is 5. The minimum absolute atomic E-state index is 0.00172. The topological polar surface area (TPSA) is 91.6 Å². The lowest BCUT2D eigenvalue weighted by atomic mass is 10.1. The maximum atomic E-state index is 14.2. The number of imide groups is 1. The van der Waals surface area contributed by atoms with Crippen molar-refractivity contribution in [3.8, 4) is 0 Å². The second kappa shape index (κ2) is 7.47. The van der Waals surface area contributed by atoms with E-state index in [1.54, 1.807) is 18.2 Å². The molecule has 0 bridgehead atoms. The minimum Gasteiger partial charge on any atom is -0.480 e. The molecule has 0 radical (unpaired) electrons. The Hall–Kier alpha value is -3.94. The first kappa shape index (κ1) is 19.4. The van der Waals surface area contributed by atoms with Gasteiger partial charge in [-0.15, -0.1) is 0 Å². The van der Waals surface area contributed by atoms with E-state index in [-0.39, 0.29) is 11.5 Å². The Bertz CT molecular complexity index is 1230. The highest BCUT2D eigenvalue weighted by Crippen LogP contribution is 2.29. The molecule has 30 heavy (non-hydrogen) atoms. The van der Waals surface area contributed by atoms with E-state index in [4.69, 9.17) is 5.11 Å². The monoisotopic (exact) mass is 407 g/mol. The summed E-state index contributed by atoms with van der Waals surface area (Å²) in [5, 5.41) is 12.2. The van der Waals surface area contributed by atoms with Crippen molar-refractivity contribution in [2.75, 3.05) is 6.54 Å². The van der Waals surface area contributed by atoms with E-state index in [1.807, 2.05) is 35.8 Å². The zero-order chi connectivity index (χ0) is 21.4. The van der Waals surface area contributed by atoms with Gasteiger partial charge < -0.3 is 15.0 Å². The number of carbonyl (C=O) groups is 3. The molecule has 0 saturated carbocycles. The fraction of sp³-hybridized carbons (Fsp3) is 0.136. The van der Waals surface area contributed by atoms with Gasteiger partial charge in [-0.2, -0.15) is 0 Å². The van der Waals surface area contributed by atoms with Crippen LogP contribution in [0.4, 0.5) is 9.18 Å². The summed E-state index contributed by atoms with van der Waals surface area (Å²) in [5.74, 6) is -2.29. The van der Waals surface area contributed by atoms with Crippen molar-refractivity contribution in [3.63, 3.8) is 0 Å². The number of carbonyl (C=O) groups excluding carboxylic acids is 2. The second-order valence-corrected chi connectivity index (χ2v) is 6.97. The zero-order valence-corrected chi connectivity index (χ0v) is 16.1. The van der Waals surface area contributed by atoms with Crippen LogP contribution >= 0.6 is 0 Å². The number of aliphatic carboxylic acids is 1. The predicted molar refractivity (Wildman–Crippen MR) is 108 cm³/mol. The molecule has 4 rings (SSSR count). The third kappa shape index (κ3) is 3.32. The van der Waals surface area contributed by atoms with E-state index in [2.05, 4.69) is 5.32 Å². The third-order valence-electron chi connectivity index (χ3n) is 5.11. The van der Waals surface area contributed by atoms with Crippen LogP contribution in [0.2, 0.25) is 0 Å². The molecule has 1 aliphatic rings. The van der Waals surface area contributed by atoms with Crippen molar-refractivity contribution in [3.05, 3.63) is 76.9 Å². The third-order valence-corrected chi connectivity index (χ3v) is 5.11. The van der Waals surface area contributed by atoms with Gasteiger partial charge in [0.15, 0.2) is 0 Å². The number of hydrogen-bond acceptors (Lipinski definition) is 3. The molecule has 2 N–H and O–H groups in total. The summed E-state index contributed by atoms with van der Waals surface area (Å²) < 4.78 is 16.2. The van der Waals surface area contributed by atoms with E-state index in [9.17, 15) is 18.8 Å². The lowest BCUT2D eigenvalue weighted by Crippen LogP contribution is -2.35. The molecule has 3 amide bonds. The molecule has 0 spiro atoms. The van der Waals surface area contributed by atoms with Crippen molar-refractivity contribution >= 4 is 34.9 Å². The Morgan fingerprint density at radius 2 is 1.83 bits per heavy atom. The predicted octanol–water partition coefficient (Wildman–Crippen LogP) is 3.11. The van der Waals surface area contributed by atoms with Gasteiger partial charge in [-0.3, -0.25) is 9.59 Å². The molecule has 1 saturated heterocycles. The smallest absolute Gasteiger partial charge is 0.329 e. The summed E-state index contributed by atoms with van der Waals surface area (Å²) in [4.78, 5) is 36.1. The fourth-order valence-corrected chi connectivity index (χ4v) is 3.64. The lowest BCUT2D eigenvalue weighted by molar-refractivity contribution is -0.140. The number of hydrogen-bond donors (Lipinski definition) is 2. The number of aromatic nitrogens is 1. The van der Waals surface area contributed by atoms with Crippen LogP contribution in [0.3, 0.4) is 0 Å². The molecule has 0 aliphatic carbocycles. The van der Waals surface area contributed by atoms with E-state index in [0.717, 1.165) is 16.6 Å². The first-order chi connectivity index (χ1) is 14.4. The van der Waals surface area contributed by atoms with Crippen LogP contribution in [0.5, 0.6) is 0 Å². The molecule has 2 aromatic carbocycles. The summed E-state index contributed by atoms with van der Waals surface area (Å²) in [7, 11) is 0. The molecule has 1 fully saturated rings. The summed E-state index contributed by atoms with van der Waals surface area (Å²) in [6, 6.07) is 13.2. The van der Waals surface area contributed by atoms with Crippen molar-refractivity contribution in [2.45, 2.75) is 13.5 Å². The van der Waals surface area contributed by atoms with Gasteiger partial charge in [0.1, 0.15) is 18.1 Å². The molecule has 152 valence electrons. The molecule has 1 aliphatic heterocycles. The molecule has 3 aromatic rings. The summed E-state index contributed by atoms with van der Waals surface area (Å²) >= 11 is 0. The SMILES string of the molecule is Cc1c(/C=C2/NC(=O)N(CC(=O)O)C2=O)c2ccccc2n1Cc1ccccc1F. The summed E-state index contributed by atoms with van der Waals surface area (Å²) in [6.07, 6.45) is 1.54. The number of halogens is 1. The number of urea groups is 1. The molecular weight excluding hydrogens is 389 g/mol. The Morgan fingerprint density at radius 3 is 2.57 bits per heavy atom. The van der Waals surface area contributed by atoms with Gasteiger partial charge in [0, 0.05) is 27.7 Å². The summed E-state index contributed by atoms with van der Waals surface area (Å²) in [5.41, 5.74) is 2.86. The molecule has 0 atom stereocenters. The second-order valence-electron chi connectivity index (χ2n) is 6.97. The number of fused-ring (bicyclic) bond motifs is 1. The van der Waals surface area contributed by atoms with Crippen molar-refractivity contribution in [2.24, 2.45) is 0 Å². The maximum absolute atomic E-state index is 14.2. The van der Waals surface area contributed by atoms with Crippen LogP contribution in [0, 0.1) is 12.7 Å². The highest BCUT2D eigenvalue weighted by atomic mass is 19.1. The van der Waals surface area contributed by atoms with Crippen molar-refractivity contribution in [1.82, 2.24) is 14.8 Å². The number of amides is 3. The van der Waals surface area contributed by atoms with Gasteiger partial charge in [-0.05, 0) is 25.1 Å². The van der Waals surface area contributed by atoms with Gasteiger partial charge in [-0.1, -0.05) is 36.4 Å². The van der Waals surface area contributed by atoms with Gasteiger partial charge in [0.2, 0.25) is 0 Å². The first-order valence-electron chi connectivity index (χ1n) is 9.24. The van der Waals surface area contributed by atoms with Crippen LogP contribution in [0.15, 0.2) is 54.2 Å². The Morgan fingerprint density at radius 1 is 1.13 bits per heavy atom. The number of carboxylic acids is 1. The average molecular weight is 407 g/mol. The summed E-state index contributed by atoms with van der Waals surface area (Å²) in [6.45, 7) is 1.44. The lowest BCUT2D eigenvalue weighted by Gasteiger charge is -2.09. The van der Waals surface area contributed by atoms with E-state index in [0.29, 0.717) is 22.6 Å². The standard InChI is InChI=1S/C22H18FN3O4/c1-13-16(10-18-21(29)26(12-20(27)28)22(30)24-18)15-7-3-5-9-19(15)25(13)11-14-6-2-4-8-17(14)23/h2-10H,11-12H2,1H3,(H,24,30)(H,27,28)/b18-10+. The first-order valence-corrected chi connectivity index (χ1v) is 9.24. The molecule has 2 heterocycles. The highest BCUT2D eigenvalue weighted by molar-refractivity contribution is 6.15. The molecule has 1 aromatic heterocycles. The van der Waals surface area contributed by atoms with Crippen molar-refractivity contribution < 1.29 is 23.9 Å². The number of benzene rings is 2. The maximum Gasteiger partial charge on any atom is 0.329 e. The normalized spacial score (nSPS) is 15.3. The van der Waals surface area contributed by atoms with E-state index >= 15 is 0 Å². The van der Waals surface area contributed by atoms with Crippen LogP contribution in [0.1, 0.15) is 16.8 Å². The number of para-hydroxylation sites is 1. The quantitative estimate of drug-likeness (QED) is 0.502. The van der Waals surface area contributed by atoms with Gasteiger partial charge in [0.25, 0.3) is 5.91 Å². The van der Waals surface area contributed by atoms with Gasteiger partial charge in [0.05, 0.1) is 6.54 Å². The van der Waals surface area contributed by atoms with Crippen LogP contribution < -0.4 is 5.32 Å². The number of carboxylic acid groups (broad SMARTS) is 1. The molecule has 7 nitrogen and oxygen atoms in total. The fourth-order valence-electron chi connectivity index (χ4n) is 3.64. The zero-order valence-electron chi connectivity index (χ0n) is 16.1. The number of nitrogens with zero attached hydrogens (tertiary/aromatic N) is 2. The molecule has 8 heteroatoms. The highest BCUT2D eigenvalue weighted by Gasteiger charge is 2.35. The average Bonchev–Trinajstić information content (AvgIpc) is 3.12. The van der Waals surface area contributed by atoms with Crippen molar-refractivity contribution in [1.29, 1.82) is 0 Å². The van der Waals surface area contributed by atoms with Gasteiger partial charge >= 0.3 is 12.0 Å². The Kier molecular flexibility index (Phi) is 4.83. The van der Waals surface area contributed by atoms with Gasteiger partial charge in [-0.25, -0.2) is 14.1 Å². The van der Waals surface area contributed by atoms with E-state index in [1.165, 1.54) is 12.1 Å². The van der Waals surface area contributed by atoms with E-state index < -0.39 is 24.5 Å². The molecule has 0 unspecified atom stereocenters. The molecular formula is C22H18FN3O4. The van der Waals surface area contributed by atoms with Crippen LogP contribution in [-0.2, 0) is 16.1 Å². The van der Waals surface area contributed by atoms with Crippen LogP contribution in [0.25, 0.3) is 17.0 Å². The minimum atomic E-state index is -1.28.